The zero-order valence-corrected chi connectivity index (χ0v) is 18.9. The Labute approximate surface area is 190 Å². The third-order valence-corrected chi connectivity index (χ3v) is 9.00. The lowest BCUT2D eigenvalue weighted by atomic mass is 9.67. The molecule has 4 aliphatic rings. The Morgan fingerprint density at radius 3 is 2.42 bits per heavy atom. The van der Waals surface area contributed by atoms with E-state index in [4.69, 9.17) is 0 Å². The minimum atomic E-state index is -0.800. The number of benzene rings is 1. The van der Waals surface area contributed by atoms with Crippen molar-refractivity contribution in [1.29, 1.82) is 0 Å². The van der Waals surface area contributed by atoms with Crippen molar-refractivity contribution in [3.8, 4) is 11.3 Å². The normalized spacial score (nSPS) is 32.5. The largest absolute Gasteiger partial charge is 0.359 e. The Balaban J connectivity index is 1.36. The molecule has 1 unspecified atom stereocenters. The van der Waals surface area contributed by atoms with Gasteiger partial charge in [-0.25, -0.2) is 8.78 Å². The molecular weight excluding hydrogens is 426 g/mol. The van der Waals surface area contributed by atoms with Crippen LogP contribution in [-0.2, 0) is 15.0 Å². The van der Waals surface area contributed by atoms with Gasteiger partial charge in [0.1, 0.15) is 11.6 Å². The van der Waals surface area contributed by atoms with Crippen molar-refractivity contribution in [3.05, 3.63) is 47.2 Å². The standard InChI is InChI=1S/C25H26F2N4O2/c1-24(2)15-7-8-25(24,23(33)31-10-13-14(11-31)19(13)22(32)28-3)21-12(15)9-18(29-30-21)20-16(26)5-4-6-17(20)27/h4-6,9,13-15,19H,7-8,10-11H2,1-3H3,(H,28,32)/t13-,14?,15+,19-,25-/m0/s1. The number of likely N-dealkylation sites (tertiary alicyclic amines) is 1. The van der Waals surface area contributed by atoms with E-state index in [1.807, 2.05) is 4.90 Å². The minimum absolute atomic E-state index is 0.00904. The third-order valence-electron chi connectivity index (χ3n) is 9.00. The van der Waals surface area contributed by atoms with E-state index in [0.29, 0.717) is 25.2 Å². The van der Waals surface area contributed by atoms with Gasteiger partial charge in [0.15, 0.2) is 0 Å². The molecule has 3 fully saturated rings. The van der Waals surface area contributed by atoms with Crippen LogP contribution in [0, 0.1) is 34.8 Å². The van der Waals surface area contributed by atoms with Crippen LogP contribution in [0.3, 0.4) is 0 Å². The lowest BCUT2D eigenvalue weighted by Gasteiger charge is -2.39. The van der Waals surface area contributed by atoms with Crippen LogP contribution in [0.1, 0.15) is 43.9 Å². The first kappa shape index (κ1) is 20.7. The highest BCUT2D eigenvalue weighted by Crippen LogP contribution is 2.68. The number of carbonyl (C=O) groups is 2. The highest BCUT2D eigenvalue weighted by Gasteiger charge is 2.70. The molecule has 2 aromatic rings. The summed E-state index contributed by atoms with van der Waals surface area (Å²) in [7, 11) is 1.65. The molecule has 0 radical (unpaired) electrons. The van der Waals surface area contributed by atoms with Crippen molar-refractivity contribution in [3.63, 3.8) is 0 Å². The van der Waals surface area contributed by atoms with Crippen molar-refractivity contribution in [2.45, 2.75) is 38.0 Å². The molecular formula is C25H26F2N4O2. The maximum Gasteiger partial charge on any atom is 0.235 e. The number of nitrogens with zero attached hydrogens (tertiary/aromatic N) is 3. The third kappa shape index (κ3) is 2.47. The van der Waals surface area contributed by atoms with Gasteiger partial charge in [-0.2, -0.15) is 5.10 Å². The van der Waals surface area contributed by atoms with Gasteiger partial charge < -0.3 is 10.2 Å². The molecule has 0 spiro atoms. The Bertz CT molecular complexity index is 1180. The summed E-state index contributed by atoms with van der Waals surface area (Å²) in [6.45, 7) is 5.37. The van der Waals surface area contributed by atoms with Crippen LogP contribution in [0.15, 0.2) is 24.3 Å². The molecule has 5 atom stereocenters. The molecule has 6 rings (SSSR count). The SMILES string of the molecule is CNC(=O)[C@@H]1C2CN(C(=O)[C@]34CC[C@H](c5cc(-c6c(F)cccc6F)nnc53)C4(C)C)C[C@@H]21. The molecule has 2 heterocycles. The lowest BCUT2D eigenvalue weighted by molar-refractivity contribution is -0.141. The monoisotopic (exact) mass is 452 g/mol. The van der Waals surface area contributed by atoms with E-state index in [2.05, 4.69) is 29.4 Å². The van der Waals surface area contributed by atoms with E-state index in [0.717, 1.165) is 12.0 Å². The van der Waals surface area contributed by atoms with Gasteiger partial charge in [-0.3, -0.25) is 9.59 Å². The highest BCUT2D eigenvalue weighted by atomic mass is 19.1. The van der Waals surface area contributed by atoms with Crippen molar-refractivity contribution >= 4 is 11.8 Å². The van der Waals surface area contributed by atoms with Crippen LogP contribution in [0.25, 0.3) is 11.3 Å². The van der Waals surface area contributed by atoms with Crippen LogP contribution >= 0.6 is 0 Å². The molecule has 1 aliphatic heterocycles. The summed E-state index contributed by atoms with van der Waals surface area (Å²) in [5.74, 6) is -0.727. The summed E-state index contributed by atoms with van der Waals surface area (Å²) < 4.78 is 28.8. The van der Waals surface area contributed by atoms with Crippen molar-refractivity contribution in [2.24, 2.45) is 23.2 Å². The Kier molecular flexibility index (Phi) is 4.12. The van der Waals surface area contributed by atoms with Crippen LogP contribution in [0.4, 0.5) is 8.78 Å². The summed E-state index contributed by atoms with van der Waals surface area (Å²) >= 11 is 0. The van der Waals surface area contributed by atoms with Gasteiger partial charge >= 0.3 is 0 Å². The van der Waals surface area contributed by atoms with Gasteiger partial charge in [-0.1, -0.05) is 19.9 Å². The van der Waals surface area contributed by atoms with Crippen LogP contribution in [-0.4, -0.2) is 47.0 Å². The number of nitrogens with one attached hydrogen (secondary N) is 1. The predicted molar refractivity (Wildman–Crippen MR) is 116 cm³/mol. The Hall–Kier alpha value is -2.90. The second-order valence-corrected chi connectivity index (χ2v) is 10.5. The number of rotatable bonds is 3. The van der Waals surface area contributed by atoms with Gasteiger partial charge in [0.2, 0.25) is 11.8 Å². The predicted octanol–water partition coefficient (Wildman–Crippen LogP) is 3.03. The second-order valence-electron chi connectivity index (χ2n) is 10.5. The quantitative estimate of drug-likeness (QED) is 0.777. The number of piperidine rings is 1. The van der Waals surface area contributed by atoms with Crippen molar-refractivity contribution < 1.29 is 18.4 Å². The molecule has 172 valence electrons. The summed E-state index contributed by atoms with van der Waals surface area (Å²) in [6, 6.07) is 5.47. The number of amides is 2. The zero-order valence-electron chi connectivity index (χ0n) is 18.9. The van der Waals surface area contributed by atoms with Crippen LogP contribution < -0.4 is 5.32 Å². The number of aromatic nitrogens is 2. The lowest BCUT2D eigenvalue weighted by Crippen LogP contribution is -2.52. The average molecular weight is 453 g/mol. The topological polar surface area (TPSA) is 75.2 Å². The van der Waals surface area contributed by atoms with E-state index < -0.39 is 17.0 Å². The van der Waals surface area contributed by atoms with Gasteiger partial charge in [0.25, 0.3) is 0 Å². The summed E-state index contributed by atoms with van der Waals surface area (Å²) in [4.78, 5) is 27.9. The molecule has 33 heavy (non-hydrogen) atoms. The van der Waals surface area contributed by atoms with E-state index in [-0.39, 0.29) is 52.2 Å². The molecule has 3 aliphatic carbocycles. The summed E-state index contributed by atoms with van der Waals surface area (Å²) in [5, 5.41) is 11.4. The first-order valence-electron chi connectivity index (χ1n) is 11.6. The van der Waals surface area contributed by atoms with E-state index in [1.54, 1.807) is 13.1 Å². The van der Waals surface area contributed by atoms with Gasteiger partial charge in [0.05, 0.1) is 22.4 Å². The average Bonchev–Trinajstić information content (AvgIpc) is 3.07. The first-order valence-corrected chi connectivity index (χ1v) is 11.6. The van der Waals surface area contributed by atoms with E-state index >= 15 is 0 Å². The molecule has 2 bridgehead atoms. The molecule has 2 amide bonds. The molecule has 2 saturated carbocycles. The second kappa shape index (κ2) is 6.58. The van der Waals surface area contributed by atoms with Crippen molar-refractivity contribution in [2.75, 3.05) is 20.1 Å². The number of hydrogen-bond acceptors (Lipinski definition) is 4. The van der Waals surface area contributed by atoms with Crippen molar-refractivity contribution in [1.82, 2.24) is 20.4 Å². The maximum atomic E-state index is 14.4. The Morgan fingerprint density at radius 2 is 1.79 bits per heavy atom. The zero-order chi connectivity index (χ0) is 23.3. The molecule has 1 N–H and O–H groups in total. The smallest absolute Gasteiger partial charge is 0.235 e. The van der Waals surface area contributed by atoms with E-state index in [9.17, 15) is 18.4 Å². The van der Waals surface area contributed by atoms with Gasteiger partial charge in [0, 0.05) is 26.1 Å². The number of hydrogen-bond donors (Lipinski definition) is 1. The molecule has 6 nitrogen and oxygen atoms in total. The van der Waals surface area contributed by atoms with Crippen LogP contribution in [0.2, 0.25) is 0 Å². The van der Waals surface area contributed by atoms with Crippen LogP contribution in [0.5, 0.6) is 0 Å². The fraction of sp³-hybridized carbons (Fsp3) is 0.520. The van der Waals surface area contributed by atoms with E-state index in [1.165, 1.54) is 18.2 Å². The minimum Gasteiger partial charge on any atom is -0.359 e. The number of carbonyl (C=O) groups excluding carboxylic acids is 2. The van der Waals surface area contributed by atoms with Gasteiger partial charge in [-0.05, 0) is 59.8 Å². The molecule has 1 aromatic heterocycles. The summed E-state index contributed by atoms with van der Waals surface area (Å²) in [6.07, 6.45) is 1.50. The maximum absolute atomic E-state index is 14.4. The molecule has 1 saturated heterocycles. The Morgan fingerprint density at radius 1 is 1.12 bits per heavy atom. The molecule has 1 aromatic carbocycles. The number of fused-ring (bicyclic) bond motifs is 6. The number of halogens is 2. The summed E-state index contributed by atoms with van der Waals surface area (Å²) in [5.41, 5.74) is 0.309. The highest BCUT2D eigenvalue weighted by molar-refractivity contribution is 5.93. The fourth-order valence-electron chi connectivity index (χ4n) is 7.18. The van der Waals surface area contributed by atoms with Gasteiger partial charge in [-0.15, -0.1) is 5.10 Å². The fourth-order valence-corrected chi connectivity index (χ4v) is 7.18. The molecule has 8 heteroatoms. The first-order chi connectivity index (χ1) is 15.7.